The summed E-state index contributed by atoms with van der Waals surface area (Å²) in [6, 6.07) is 8.86. The number of carbonyl (C=O) groups excluding carboxylic acids is 1. The molecular formula is C14H10Cl2N2O3. The van der Waals surface area contributed by atoms with Gasteiger partial charge in [-0.3, -0.25) is 4.79 Å². The van der Waals surface area contributed by atoms with E-state index in [9.17, 15) is 9.59 Å². The summed E-state index contributed by atoms with van der Waals surface area (Å²) in [5.41, 5.74) is 0.690. The molecule has 5 nitrogen and oxygen atoms in total. The Kier molecular flexibility index (Phi) is 4.45. The molecule has 1 aromatic carbocycles. The summed E-state index contributed by atoms with van der Waals surface area (Å²) in [6.07, 6.45) is 0. The summed E-state index contributed by atoms with van der Waals surface area (Å²) < 4.78 is 0. The average Bonchev–Trinajstić information content (AvgIpc) is 2.48. The zero-order chi connectivity index (χ0) is 15.6. The summed E-state index contributed by atoms with van der Waals surface area (Å²) in [5.74, 6) is -1.47. The molecule has 0 radical (unpaired) electrons. The van der Waals surface area contributed by atoms with Gasteiger partial charge in [0.2, 0.25) is 0 Å². The molecule has 1 aromatic heterocycles. The summed E-state index contributed by atoms with van der Waals surface area (Å²) in [5, 5.41) is 9.20. The van der Waals surface area contributed by atoms with E-state index in [4.69, 9.17) is 28.3 Å². The van der Waals surface area contributed by atoms with Crippen LogP contribution in [0.4, 0.5) is 5.69 Å². The number of carbonyl (C=O) groups is 2. The van der Waals surface area contributed by atoms with Gasteiger partial charge in [-0.1, -0.05) is 23.2 Å². The van der Waals surface area contributed by atoms with Gasteiger partial charge < -0.3 is 10.0 Å². The lowest BCUT2D eigenvalue weighted by Gasteiger charge is -2.17. The quantitative estimate of drug-likeness (QED) is 0.879. The second kappa shape index (κ2) is 6.11. The maximum absolute atomic E-state index is 12.3. The minimum atomic E-state index is -1.03. The van der Waals surface area contributed by atoms with Gasteiger partial charge in [-0.15, -0.1) is 0 Å². The molecule has 0 bridgehead atoms. The Hall–Kier alpha value is -2.11. The molecule has 0 atom stereocenters. The summed E-state index contributed by atoms with van der Waals surface area (Å²) in [6.45, 7) is 0. The van der Waals surface area contributed by atoms with Crippen LogP contribution in [0.25, 0.3) is 0 Å². The number of pyridine rings is 1. The van der Waals surface area contributed by atoms with E-state index in [1.54, 1.807) is 0 Å². The highest BCUT2D eigenvalue weighted by molar-refractivity contribution is 6.35. The fourth-order valence-corrected chi connectivity index (χ4v) is 2.01. The molecule has 0 aliphatic carbocycles. The number of carboxylic acid groups (broad SMARTS) is 1. The molecule has 1 amide bonds. The van der Waals surface area contributed by atoms with E-state index in [1.165, 1.54) is 48.3 Å². The van der Waals surface area contributed by atoms with Crippen molar-refractivity contribution in [3.63, 3.8) is 0 Å². The van der Waals surface area contributed by atoms with Gasteiger partial charge in [-0.05, 0) is 36.4 Å². The first-order valence-electron chi connectivity index (χ1n) is 5.83. The Bertz CT molecular complexity index is 702. The molecule has 0 saturated heterocycles. The maximum atomic E-state index is 12.3. The molecular weight excluding hydrogens is 315 g/mol. The molecule has 0 saturated carbocycles. The lowest BCUT2D eigenvalue weighted by Crippen LogP contribution is -2.27. The Morgan fingerprint density at radius 2 is 1.71 bits per heavy atom. The maximum Gasteiger partial charge on any atom is 0.335 e. The average molecular weight is 325 g/mol. The lowest BCUT2D eigenvalue weighted by molar-refractivity contribution is 0.0696. The normalized spacial score (nSPS) is 10.2. The molecule has 0 unspecified atom stereocenters. The number of hydrogen-bond acceptors (Lipinski definition) is 3. The van der Waals surface area contributed by atoms with Crippen LogP contribution < -0.4 is 4.90 Å². The summed E-state index contributed by atoms with van der Waals surface area (Å²) in [4.78, 5) is 28.4. The van der Waals surface area contributed by atoms with Crippen LogP contribution in [0.1, 0.15) is 20.8 Å². The van der Waals surface area contributed by atoms with Crippen molar-refractivity contribution in [2.45, 2.75) is 0 Å². The van der Waals surface area contributed by atoms with Gasteiger partial charge in [0.05, 0.1) is 10.6 Å². The number of rotatable bonds is 3. The van der Waals surface area contributed by atoms with E-state index < -0.39 is 11.9 Å². The molecule has 1 heterocycles. The second-order valence-corrected chi connectivity index (χ2v) is 4.98. The number of aromatic carboxylic acids is 1. The van der Waals surface area contributed by atoms with Crippen LogP contribution in [-0.4, -0.2) is 29.0 Å². The third-order valence-corrected chi connectivity index (χ3v) is 3.34. The zero-order valence-corrected chi connectivity index (χ0v) is 12.4. The highest BCUT2D eigenvalue weighted by Gasteiger charge is 2.19. The van der Waals surface area contributed by atoms with E-state index in [-0.39, 0.29) is 21.4 Å². The van der Waals surface area contributed by atoms with Gasteiger partial charge in [0.1, 0.15) is 10.8 Å². The molecule has 2 aromatic rings. The Morgan fingerprint density at radius 1 is 1.10 bits per heavy atom. The molecule has 21 heavy (non-hydrogen) atoms. The van der Waals surface area contributed by atoms with Crippen molar-refractivity contribution < 1.29 is 14.7 Å². The highest BCUT2D eigenvalue weighted by atomic mass is 35.5. The molecule has 0 fully saturated rings. The first-order chi connectivity index (χ1) is 9.90. The third kappa shape index (κ3) is 3.32. The van der Waals surface area contributed by atoms with E-state index in [0.717, 1.165) is 0 Å². The Labute approximate surface area is 130 Å². The van der Waals surface area contributed by atoms with E-state index >= 15 is 0 Å². The fraction of sp³-hybridized carbons (Fsp3) is 0.0714. The van der Waals surface area contributed by atoms with Gasteiger partial charge in [-0.25, -0.2) is 9.78 Å². The molecule has 0 aliphatic heterocycles. The van der Waals surface area contributed by atoms with Crippen LogP contribution >= 0.6 is 23.2 Å². The van der Waals surface area contributed by atoms with Crippen molar-refractivity contribution in [1.29, 1.82) is 0 Å². The van der Waals surface area contributed by atoms with Crippen molar-refractivity contribution in [1.82, 2.24) is 4.98 Å². The predicted octanol–water partition coefficient (Wildman–Crippen LogP) is 3.36. The lowest BCUT2D eigenvalue weighted by atomic mass is 10.2. The second-order valence-electron chi connectivity index (χ2n) is 4.18. The largest absolute Gasteiger partial charge is 0.478 e. The van der Waals surface area contributed by atoms with Crippen LogP contribution in [-0.2, 0) is 0 Å². The van der Waals surface area contributed by atoms with Crippen LogP contribution in [0.3, 0.4) is 0 Å². The van der Waals surface area contributed by atoms with Crippen molar-refractivity contribution in [2.75, 3.05) is 11.9 Å². The van der Waals surface area contributed by atoms with Gasteiger partial charge in [0.25, 0.3) is 5.91 Å². The number of hydrogen-bond donors (Lipinski definition) is 1. The zero-order valence-electron chi connectivity index (χ0n) is 10.9. The van der Waals surface area contributed by atoms with Crippen LogP contribution in [0.2, 0.25) is 10.2 Å². The van der Waals surface area contributed by atoms with E-state index in [2.05, 4.69) is 4.98 Å². The van der Waals surface area contributed by atoms with Crippen molar-refractivity contribution >= 4 is 40.8 Å². The number of benzene rings is 1. The number of anilines is 1. The van der Waals surface area contributed by atoms with E-state index in [0.29, 0.717) is 5.69 Å². The number of halogens is 2. The molecule has 2 rings (SSSR count). The molecule has 1 N–H and O–H groups in total. The number of aromatic nitrogens is 1. The highest BCUT2D eigenvalue weighted by Crippen LogP contribution is 2.21. The van der Waals surface area contributed by atoms with Crippen molar-refractivity contribution in [2.24, 2.45) is 0 Å². The van der Waals surface area contributed by atoms with Crippen molar-refractivity contribution in [3.05, 3.63) is 57.8 Å². The Morgan fingerprint density at radius 3 is 2.29 bits per heavy atom. The van der Waals surface area contributed by atoms with Crippen LogP contribution in [0.5, 0.6) is 0 Å². The molecule has 0 spiro atoms. The number of nitrogens with zero attached hydrogens (tertiary/aromatic N) is 2. The van der Waals surface area contributed by atoms with Gasteiger partial charge >= 0.3 is 5.97 Å². The smallest absolute Gasteiger partial charge is 0.335 e. The SMILES string of the molecule is CN(C(=O)c1nc(Cl)ccc1Cl)c1ccc(C(=O)O)cc1. The van der Waals surface area contributed by atoms with E-state index in [1.807, 2.05) is 0 Å². The molecule has 0 aliphatic rings. The number of carboxylic acids is 1. The first-order valence-corrected chi connectivity index (χ1v) is 6.59. The standard InChI is InChI=1S/C14H10Cl2N2O3/c1-18(9-4-2-8(3-5-9)14(20)21)13(19)12-10(15)6-7-11(16)17-12/h2-7H,1H3,(H,20,21). The van der Waals surface area contributed by atoms with Gasteiger partial charge in [0, 0.05) is 12.7 Å². The molecule has 108 valence electrons. The number of amides is 1. The minimum Gasteiger partial charge on any atom is -0.478 e. The van der Waals surface area contributed by atoms with Crippen molar-refractivity contribution in [3.8, 4) is 0 Å². The Balaban J connectivity index is 2.30. The van der Waals surface area contributed by atoms with Gasteiger partial charge in [-0.2, -0.15) is 0 Å². The molecule has 7 heteroatoms. The van der Waals surface area contributed by atoms with Crippen LogP contribution in [0, 0.1) is 0 Å². The topological polar surface area (TPSA) is 70.5 Å². The van der Waals surface area contributed by atoms with Crippen LogP contribution in [0.15, 0.2) is 36.4 Å². The first kappa shape index (κ1) is 15.3. The van der Waals surface area contributed by atoms with Gasteiger partial charge in [0.15, 0.2) is 0 Å². The summed E-state index contributed by atoms with van der Waals surface area (Å²) in [7, 11) is 1.54. The third-order valence-electron chi connectivity index (χ3n) is 2.82. The predicted molar refractivity (Wildman–Crippen MR) is 80.4 cm³/mol. The minimum absolute atomic E-state index is 0.0361. The fourth-order valence-electron chi connectivity index (χ4n) is 1.67. The summed E-state index contributed by atoms with van der Waals surface area (Å²) >= 11 is 11.7. The monoisotopic (exact) mass is 324 g/mol.